The number of aliphatic hydroxyl groups is 1. The Labute approximate surface area is 363 Å². The molecule has 0 bridgehead atoms. The van der Waals surface area contributed by atoms with Gasteiger partial charge in [-0.1, -0.05) is 176 Å². The summed E-state index contributed by atoms with van der Waals surface area (Å²) in [6, 6.07) is -0.872. The predicted octanol–water partition coefficient (Wildman–Crippen LogP) is 13.4. The lowest BCUT2D eigenvalue weighted by atomic mass is 10.0. The van der Waals surface area contributed by atoms with Crippen molar-refractivity contribution in [2.24, 2.45) is 0 Å². The second-order valence-corrected chi connectivity index (χ2v) is 18.2. The number of hydrogen-bond acceptors (Lipinski definition) is 5. The molecule has 0 aromatic rings. The summed E-state index contributed by atoms with van der Waals surface area (Å²) in [5, 5.41) is 13.7. The van der Waals surface area contributed by atoms with Gasteiger partial charge in [0.25, 0.3) is 0 Å². The Balaban J connectivity index is 4.18. The van der Waals surface area contributed by atoms with Crippen LogP contribution in [0.1, 0.15) is 174 Å². The molecule has 8 nitrogen and oxygen atoms in total. The quantitative estimate of drug-likeness (QED) is 0.0245. The predicted molar refractivity (Wildman–Crippen MR) is 253 cm³/mol. The van der Waals surface area contributed by atoms with Gasteiger partial charge in [0.1, 0.15) is 13.2 Å². The molecule has 0 radical (unpaired) electrons. The van der Waals surface area contributed by atoms with Crippen LogP contribution in [0.3, 0.4) is 0 Å². The Kier molecular flexibility index (Phi) is 39.4. The molecule has 0 aliphatic heterocycles. The van der Waals surface area contributed by atoms with Crippen molar-refractivity contribution in [1.29, 1.82) is 0 Å². The minimum absolute atomic E-state index is 0.0497. The standard InChI is InChI=1S/C50H89N2O6P/c1-6-8-10-12-14-16-18-19-20-21-22-23-24-25-26-27-28-29-30-31-32-33-34-36-38-40-42-44-50(54)51-48(47-58-59(55,56)57-46-45-52(3,4)5)49(53)43-41-39-37-35-17-15-13-11-9-7-2/h8-11,14,16-17,19-20,22-23,35,41,43,48-49,53H,6-7,12-13,15,18,21,24-34,36-40,42,44-47H2,1-5H3,(H-,51,54,55,56)/p+1/b10-8-,11-9+,16-14-,20-19-,23-22-,35-17+,43-41+. The summed E-state index contributed by atoms with van der Waals surface area (Å²) in [6.45, 7) is 4.53. The van der Waals surface area contributed by atoms with Crippen molar-refractivity contribution in [2.45, 2.75) is 187 Å². The van der Waals surface area contributed by atoms with Crippen molar-refractivity contribution in [2.75, 3.05) is 40.9 Å². The number of phosphoric ester groups is 1. The van der Waals surface area contributed by atoms with E-state index in [4.69, 9.17) is 9.05 Å². The zero-order chi connectivity index (χ0) is 43.6. The summed E-state index contributed by atoms with van der Waals surface area (Å²) >= 11 is 0. The monoisotopic (exact) mass is 846 g/mol. The van der Waals surface area contributed by atoms with Crippen LogP contribution in [0.15, 0.2) is 85.1 Å². The van der Waals surface area contributed by atoms with E-state index in [2.05, 4.69) is 92.1 Å². The van der Waals surface area contributed by atoms with Gasteiger partial charge in [-0.15, -0.1) is 0 Å². The zero-order valence-corrected chi connectivity index (χ0v) is 39.4. The van der Waals surface area contributed by atoms with Crippen LogP contribution >= 0.6 is 7.82 Å². The van der Waals surface area contributed by atoms with Crippen molar-refractivity contribution in [3.05, 3.63) is 85.1 Å². The van der Waals surface area contributed by atoms with Crippen molar-refractivity contribution >= 4 is 13.7 Å². The largest absolute Gasteiger partial charge is 0.472 e. The van der Waals surface area contributed by atoms with Gasteiger partial charge in [-0.25, -0.2) is 4.57 Å². The van der Waals surface area contributed by atoms with Gasteiger partial charge in [0, 0.05) is 6.42 Å². The second kappa shape index (κ2) is 41.1. The van der Waals surface area contributed by atoms with Crippen LogP contribution in [0, 0.1) is 0 Å². The molecule has 3 atom stereocenters. The van der Waals surface area contributed by atoms with E-state index >= 15 is 0 Å². The molecule has 59 heavy (non-hydrogen) atoms. The van der Waals surface area contributed by atoms with Gasteiger partial charge in [-0.2, -0.15) is 0 Å². The number of carbonyl (C=O) groups excluding carboxylic acids is 1. The maximum atomic E-state index is 12.9. The van der Waals surface area contributed by atoms with E-state index in [1.54, 1.807) is 6.08 Å². The van der Waals surface area contributed by atoms with Crippen molar-refractivity contribution in [1.82, 2.24) is 5.32 Å². The summed E-state index contributed by atoms with van der Waals surface area (Å²) in [4.78, 5) is 23.1. The molecular formula is C50H90N2O6P+. The number of quaternary nitrogens is 1. The van der Waals surface area contributed by atoms with Gasteiger partial charge < -0.3 is 19.8 Å². The smallest absolute Gasteiger partial charge is 0.387 e. The Bertz CT molecular complexity index is 1230. The number of nitrogens with zero attached hydrogens (tertiary/aromatic N) is 1. The Morgan fingerprint density at radius 2 is 0.983 bits per heavy atom. The third kappa shape index (κ3) is 43.6. The fourth-order valence-corrected chi connectivity index (χ4v) is 6.92. The Hall–Kier alpha value is -2.32. The van der Waals surface area contributed by atoms with Crippen LogP contribution < -0.4 is 5.32 Å². The first-order chi connectivity index (χ1) is 28.5. The average molecular weight is 846 g/mol. The highest BCUT2D eigenvalue weighted by Gasteiger charge is 2.27. The van der Waals surface area contributed by atoms with Crippen LogP contribution in [0.2, 0.25) is 0 Å². The highest BCUT2D eigenvalue weighted by atomic mass is 31.2. The number of allylic oxidation sites excluding steroid dienone is 13. The average Bonchev–Trinajstić information content (AvgIpc) is 3.19. The molecule has 3 unspecified atom stereocenters. The molecule has 0 saturated heterocycles. The summed E-state index contributed by atoms with van der Waals surface area (Å²) in [5.74, 6) is -0.198. The van der Waals surface area contributed by atoms with E-state index in [1.165, 1.54) is 77.0 Å². The lowest BCUT2D eigenvalue weighted by Crippen LogP contribution is -2.45. The fraction of sp³-hybridized carbons (Fsp3) is 0.700. The van der Waals surface area contributed by atoms with Gasteiger partial charge in [-0.3, -0.25) is 13.8 Å². The summed E-state index contributed by atoms with van der Waals surface area (Å²) in [6.07, 6.45) is 56.8. The minimum atomic E-state index is -4.35. The highest BCUT2D eigenvalue weighted by Crippen LogP contribution is 2.43. The normalized spacial score (nSPS) is 15.0. The third-order valence-electron chi connectivity index (χ3n) is 9.84. The van der Waals surface area contributed by atoms with Crippen LogP contribution in [-0.4, -0.2) is 73.4 Å². The molecule has 0 aliphatic carbocycles. The Morgan fingerprint density at radius 3 is 1.49 bits per heavy atom. The van der Waals surface area contributed by atoms with E-state index in [0.29, 0.717) is 17.4 Å². The number of hydrogen-bond donors (Lipinski definition) is 3. The van der Waals surface area contributed by atoms with Gasteiger partial charge in [0.2, 0.25) is 5.91 Å². The molecule has 0 rings (SSSR count). The molecule has 0 spiro atoms. The van der Waals surface area contributed by atoms with Gasteiger partial charge in [0.05, 0.1) is 39.9 Å². The molecule has 9 heteroatoms. The number of likely N-dealkylation sites (N-methyl/N-ethyl adjacent to an activating group) is 1. The maximum Gasteiger partial charge on any atom is 0.472 e. The Morgan fingerprint density at radius 1 is 0.576 bits per heavy atom. The number of amides is 1. The molecule has 3 N–H and O–H groups in total. The number of unbranched alkanes of at least 4 members (excludes halogenated alkanes) is 16. The molecule has 0 aromatic heterocycles. The van der Waals surface area contributed by atoms with Crippen LogP contribution in [-0.2, 0) is 18.4 Å². The fourth-order valence-electron chi connectivity index (χ4n) is 6.19. The van der Waals surface area contributed by atoms with E-state index in [1.807, 2.05) is 27.2 Å². The summed E-state index contributed by atoms with van der Waals surface area (Å²) in [5.41, 5.74) is 0. The van der Waals surface area contributed by atoms with E-state index < -0.39 is 20.0 Å². The van der Waals surface area contributed by atoms with Gasteiger partial charge >= 0.3 is 7.82 Å². The van der Waals surface area contributed by atoms with Crippen LogP contribution in [0.25, 0.3) is 0 Å². The number of phosphoric acid groups is 1. The van der Waals surface area contributed by atoms with Gasteiger partial charge in [-0.05, 0) is 77.0 Å². The van der Waals surface area contributed by atoms with Crippen molar-refractivity contribution in [3.8, 4) is 0 Å². The number of aliphatic hydroxyl groups excluding tert-OH is 1. The molecule has 1 amide bonds. The van der Waals surface area contributed by atoms with Crippen LogP contribution in [0.5, 0.6) is 0 Å². The summed E-state index contributed by atoms with van der Waals surface area (Å²) < 4.78 is 23.5. The van der Waals surface area contributed by atoms with E-state index in [-0.39, 0.29) is 19.1 Å². The first-order valence-electron chi connectivity index (χ1n) is 23.5. The molecule has 0 heterocycles. The minimum Gasteiger partial charge on any atom is -0.387 e. The van der Waals surface area contributed by atoms with Crippen LogP contribution in [0.4, 0.5) is 0 Å². The SMILES string of the molecule is CC/C=C\C/C=C\C/C=C\C/C=C\CCCCCCCCCCCCCCCCC(=O)NC(COP(=O)(O)OCC[N+](C)(C)C)C(O)/C=C/CC/C=C/CC/C=C/CC. The first kappa shape index (κ1) is 56.7. The first-order valence-corrected chi connectivity index (χ1v) is 25.0. The molecule has 0 saturated carbocycles. The molecule has 340 valence electrons. The molecule has 0 fully saturated rings. The second-order valence-electron chi connectivity index (χ2n) is 16.7. The van der Waals surface area contributed by atoms with Gasteiger partial charge in [0.15, 0.2) is 0 Å². The molecule has 0 aromatic carbocycles. The van der Waals surface area contributed by atoms with E-state index in [0.717, 1.165) is 77.0 Å². The lowest BCUT2D eigenvalue weighted by Gasteiger charge is -2.25. The topological polar surface area (TPSA) is 105 Å². The third-order valence-corrected chi connectivity index (χ3v) is 10.8. The van der Waals surface area contributed by atoms with Crippen molar-refractivity contribution in [3.63, 3.8) is 0 Å². The zero-order valence-electron chi connectivity index (χ0n) is 38.5. The number of rotatable bonds is 41. The van der Waals surface area contributed by atoms with E-state index in [9.17, 15) is 19.4 Å². The number of carbonyl (C=O) groups is 1. The maximum absolute atomic E-state index is 12.9. The van der Waals surface area contributed by atoms with Crippen molar-refractivity contribution < 1.29 is 32.9 Å². The number of nitrogens with one attached hydrogen (secondary N) is 1. The summed E-state index contributed by atoms with van der Waals surface area (Å²) in [7, 11) is 1.53. The molecule has 0 aliphatic rings. The lowest BCUT2D eigenvalue weighted by molar-refractivity contribution is -0.870. The molecular weight excluding hydrogens is 756 g/mol. The highest BCUT2D eigenvalue weighted by molar-refractivity contribution is 7.47.